The van der Waals surface area contributed by atoms with Crippen LogP contribution < -0.4 is 0 Å². The van der Waals surface area contributed by atoms with Gasteiger partial charge in [-0.2, -0.15) is 0 Å². The predicted molar refractivity (Wildman–Crippen MR) is 125 cm³/mol. The van der Waals surface area contributed by atoms with E-state index in [0.29, 0.717) is 6.54 Å². The summed E-state index contributed by atoms with van der Waals surface area (Å²) in [5.74, 6) is 0.799. The highest BCUT2D eigenvalue weighted by Crippen LogP contribution is 2.32. The van der Waals surface area contributed by atoms with Crippen LogP contribution in [0, 0.1) is 0 Å². The van der Waals surface area contributed by atoms with Gasteiger partial charge in [-0.25, -0.2) is 0 Å². The summed E-state index contributed by atoms with van der Waals surface area (Å²) < 4.78 is 5.85. The van der Waals surface area contributed by atoms with E-state index in [-0.39, 0.29) is 36.8 Å². The molecule has 32 heavy (non-hydrogen) atoms. The number of ether oxygens (including phenoxy) is 1. The number of carbonyl (C=O) groups is 1. The molecule has 0 radical (unpaired) electrons. The van der Waals surface area contributed by atoms with E-state index in [1.54, 1.807) is 13.8 Å². The van der Waals surface area contributed by atoms with Crippen molar-refractivity contribution in [1.82, 2.24) is 9.88 Å². The molecule has 6 heteroatoms. The second kappa shape index (κ2) is 9.12. The zero-order valence-electron chi connectivity index (χ0n) is 19.4. The third-order valence-electron chi connectivity index (χ3n) is 6.27. The smallest absolute Gasteiger partial charge is 0.139 e. The Balaban J connectivity index is 1.44. The number of hydrogen-bond acceptors (Lipinski definition) is 6. The Labute approximate surface area is 190 Å². The molecule has 0 spiro atoms. The van der Waals surface area contributed by atoms with Crippen LogP contribution in [0.25, 0.3) is 0 Å². The quantitative estimate of drug-likeness (QED) is 0.752. The molecule has 1 saturated heterocycles. The Kier molecular flexibility index (Phi) is 6.45. The molecule has 2 aliphatic heterocycles. The van der Waals surface area contributed by atoms with E-state index < -0.39 is 5.60 Å². The average molecular weight is 436 g/mol. The van der Waals surface area contributed by atoms with Crippen molar-refractivity contribution in [1.29, 1.82) is 0 Å². The third kappa shape index (κ3) is 5.08. The molecule has 3 heterocycles. The Morgan fingerprint density at radius 1 is 1.22 bits per heavy atom. The molecular weight excluding hydrogens is 402 g/mol. The van der Waals surface area contributed by atoms with Crippen LogP contribution in [0.5, 0.6) is 0 Å². The maximum absolute atomic E-state index is 12.9. The standard InChI is InChI=1S/C26H33N3O3/c1-17-15-29(16-18(2)32-17)25-23-14-27-21(10-20(23)13-28-25)11-22(30)12-24(26(3,4)31)19-8-6-5-7-9-19/h5-10,14,17-18,24,31H,11-13,15-16H2,1-4H3/t17-,18+,24-/m0/s1. The first-order valence-electron chi connectivity index (χ1n) is 11.4. The number of nitrogens with zero attached hydrogens (tertiary/aromatic N) is 3. The monoisotopic (exact) mass is 435 g/mol. The van der Waals surface area contributed by atoms with Crippen LogP contribution in [0.15, 0.2) is 47.6 Å². The van der Waals surface area contributed by atoms with Gasteiger partial charge in [-0.1, -0.05) is 30.3 Å². The minimum atomic E-state index is -0.989. The summed E-state index contributed by atoms with van der Waals surface area (Å²) in [7, 11) is 0. The number of fused-ring (bicyclic) bond motifs is 1. The van der Waals surface area contributed by atoms with Gasteiger partial charge in [-0.15, -0.1) is 0 Å². The highest BCUT2D eigenvalue weighted by Gasteiger charge is 2.31. The second-order valence-corrected chi connectivity index (χ2v) is 9.67. The van der Waals surface area contributed by atoms with Crippen LogP contribution in [-0.2, 0) is 22.5 Å². The molecule has 1 N–H and O–H groups in total. The van der Waals surface area contributed by atoms with E-state index in [4.69, 9.17) is 9.73 Å². The summed E-state index contributed by atoms with van der Waals surface area (Å²) in [4.78, 5) is 24.6. The summed E-state index contributed by atoms with van der Waals surface area (Å²) in [6.45, 7) is 9.95. The van der Waals surface area contributed by atoms with Crippen molar-refractivity contribution in [3.8, 4) is 0 Å². The van der Waals surface area contributed by atoms with Crippen molar-refractivity contribution in [3.05, 3.63) is 65.0 Å². The lowest BCUT2D eigenvalue weighted by Gasteiger charge is -2.36. The summed E-state index contributed by atoms with van der Waals surface area (Å²) in [6.07, 6.45) is 2.73. The first-order chi connectivity index (χ1) is 15.2. The molecule has 0 aliphatic carbocycles. The molecule has 2 aliphatic rings. The zero-order chi connectivity index (χ0) is 22.9. The summed E-state index contributed by atoms with van der Waals surface area (Å²) in [5, 5.41) is 10.7. The fraction of sp³-hybridized carbons (Fsp3) is 0.500. The number of aliphatic hydroxyl groups is 1. The lowest BCUT2D eigenvalue weighted by molar-refractivity contribution is -0.120. The molecule has 0 amide bonds. The highest BCUT2D eigenvalue weighted by molar-refractivity contribution is 6.02. The number of morpholine rings is 1. The number of amidine groups is 1. The molecule has 3 atom stereocenters. The maximum Gasteiger partial charge on any atom is 0.139 e. The van der Waals surface area contributed by atoms with E-state index in [1.165, 1.54) is 0 Å². The minimum Gasteiger partial charge on any atom is -0.390 e. The lowest BCUT2D eigenvalue weighted by atomic mass is 9.80. The molecule has 6 nitrogen and oxygen atoms in total. The van der Waals surface area contributed by atoms with Gasteiger partial charge in [0.05, 0.1) is 24.4 Å². The second-order valence-electron chi connectivity index (χ2n) is 9.67. The molecule has 4 rings (SSSR count). The number of Topliss-reactive ketones (excluding diaryl/α,β-unsaturated/α-hetero) is 1. The molecular formula is C26H33N3O3. The maximum atomic E-state index is 12.9. The molecule has 0 unspecified atom stereocenters. The normalized spacial score (nSPS) is 21.8. The van der Waals surface area contributed by atoms with Gasteiger partial charge in [0.1, 0.15) is 11.6 Å². The van der Waals surface area contributed by atoms with Crippen molar-refractivity contribution < 1.29 is 14.6 Å². The Bertz CT molecular complexity index is 987. The Morgan fingerprint density at radius 3 is 2.56 bits per heavy atom. The van der Waals surface area contributed by atoms with Crippen LogP contribution >= 0.6 is 0 Å². The van der Waals surface area contributed by atoms with Gasteiger partial charge in [0, 0.05) is 49.3 Å². The van der Waals surface area contributed by atoms with Gasteiger partial charge in [0.15, 0.2) is 0 Å². The summed E-state index contributed by atoms with van der Waals surface area (Å²) in [6, 6.07) is 11.8. The first-order valence-corrected chi connectivity index (χ1v) is 11.4. The average Bonchev–Trinajstić information content (AvgIpc) is 3.14. The van der Waals surface area contributed by atoms with Crippen LogP contribution in [0.4, 0.5) is 0 Å². The molecule has 1 aromatic carbocycles. The van der Waals surface area contributed by atoms with Crippen LogP contribution in [0.1, 0.15) is 62.4 Å². The molecule has 2 aromatic rings. The molecule has 0 bridgehead atoms. The molecule has 1 aromatic heterocycles. The van der Waals surface area contributed by atoms with E-state index >= 15 is 0 Å². The first kappa shape index (κ1) is 22.6. The van der Waals surface area contributed by atoms with E-state index in [1.807, 2.05) is 42.6 Å². The van der Waals surface area contributed by atoms with Crippen molar-refractivity contribution >= 4 is 11.6 Å². The van der Waals surface area contributed by atoms with Gasteiger partial charge >= 0.3 is 0 Å². The fourth-order valence-electron chi connectivity index (χ4n) is 4.80. The van der Waals surface area contributed by atoms with Crippen molar-refractivity contribution in [2.75, 3.05) is 13.1 Å². The Hall–Kier alpha value is -2.57. The number of benzene rings is 1. The SMILES string of the molecule is C[C@@H]1CN(C2=NCc3cc(CC(=O)C[C@@H](c4ccccc4)C(C)(C)O)ncc32)C[C@H](C)O1. The topological polar surface area (TPSA) is 75.0 Å². The predicted octanol–water partition coefficient (Wildman–Crippen LogP) is 3.51. The number of rotatable bonds is 6. The van der Waals surface area contributed by atoms with Crippen LogP contribution in [-0.4, -0.2) is 57.5 Å². The van der Waals surface area contributed by atoms with Gasteiger partial charge in [0.2, 0.25) is 0 Å². The number of hydrogen-bond donors (Lipinski definition) is 1. The number of pyridine rings is 1. The van der Waals surface area contributed by atoms with Gasteiger partial charge < -0.3 is 14.7 Å². The minimum absolute atomic E-state index is 0.0726. The molecule has 0 saturated carbocycles. The molecule has 1 fully saturated rings. The van der Waals surface area contributed by atoms with Crippen LogP contribution in [0.2, 0.25) is 0 Å². The number of aromatic nitrogens is 1. The van der Waals surface area contributed by atoms with E-state index in [2.05, 4.69) is 23.7 Å². The summed E-state index contributed by atoms with van der Waals surface area (Å²) in [5.41, 5.74) is 2.92. The van der Waals surface area contributed by atoms with Crippen LogP contribution in [0.3, 0.4) is 0 Å². The fourth-order valence-corrected chi connectivity index (χ4v) is 4.80. The lowest BCUT2D eigenvalue weighted by Crippen LogP contribution is -2.48. The third-order valence-corrected chi connectivity index (χ3v) is 6.27. The van der Waals surface area contributed by atoms with E-state index in [0.717, 1.165) is 41.3 Å². The molecule has 170 valence electrons. The largest absolute Gasteiger partial charge is 0.390 e. The summed E-state index contributed by atoms with van der Waals surface area (Å²) >= 11 is 0. The highest BCUT2D eigenvalue weighted by atomic mass is 16.5. The van der Waals surface area contributed by atoms with Crippen molar-refractivity contribution in [2.24, 2.45) is 4.99 Å². The zero-order valence-corrected chi connectivity index (χ0v) is 19.4. The van der Waals surface area contributed by atoms with Gasteiger partial charge in [-0.3, -0.25) is 14.8 Å². The number of aliphatic imine (C=N–C) groups is 1. The Morgan fingerprint density at radius 2 is 1.91 bits per heavy atom. The van der Waals surface area contributed by atoms with Crippen molar-refractivity contribution in [3.63, 3.8) is 0 Å². The van der Waals surface area contributed by atoms with Crippen molar-refractivity contribution in [2.45, 2.75) is 70.8 Å². The van der Waals surface area contributed by atoms with Gasteiger partial charge in [0.25, 0.3) is 0 Å². The van der Waals surface area contributed by atoms with Gasteiger partial charge in [-0.05, 0) is 44.9 Å². The number of ketones is 1. The van der Waals surface area contributed by atoms with E-state index in [9.17, 15) is 9.90 Å². The number of carbonyl (C=O) groups excluding carboxylic acids is 1.